The number of carbonyl (C=O) groups is 1. The number of anilines is 1. The summed E-state index contributed by atoms with van der Waals surface area (Å²) in [7, 11) is 0. The third kappa shape index (κ3) is 1.49. The highest BCUT2D eigenvalue weighted by Gasteiger charge is 2.14. The Bertz CT molecular complexity index is 347. The number of aromatic hydroxyl groups is 1. The first kappa shape index (κ1) is 8.10. The van der Waals surface area contributed by atoms with Crippen LogP contribution >= 0.6 is 0 Å². The summed E-state index contributed by atoms with van der Waals surface area (Å²) < 4.78 is 0. The Morgan fingerprint density at radius 3 is 3.00 bits per heavy atom. The van der Waals surface area contributed by atoms with Crippen molar-refractivity contribution in [1.29, 1.82) is 0 Å². The molecule has 68 valence electrons. The largest absolute Gasteiger partial charge is 0.508 e. The summed E-state index contributed by atoms with van der Waals surface area (Å²) in [6.07, 6.45) is 2.10. The van der Waals surface area contributed by atoms with Crippen LogP contribution in [0.3, 0.4) is 0 Å². The van der Waals surface area contributed by atoms with Gasteiger partial charge in [0.05, 0.1) is 0 Å². The SMILES string of the molecule is O=C1CCCc2c(O)cccc2N1. The number of nitrogens with one attached hydrogen (secondary N) is 1. The maximum atomic E-state index is 11.2. The van der Waals surface area contributed by atoms with Gasteiger partial charge in [-0.15, -0.1) is 0 Å². The van der Waals surface area contributed by atoms with Gasteiger partial charge in [-0.05, 0) is 25.0 Å². The molecule has 2 N–H and O–H groups in total. The van der Waals surface area contributed by atoms with E-state index in [1.807, 2.05) is 6.07 Å². The van der Waals surface area contributed by atoms with Crippen molar-refractivity contribution in [2.75, 3.05) is 5.32 Å². The molecule has 0 bridgehead atoms. The second-order valence-electron chi connectivity index (χ2n) is 3.20. The van der Waals surface area contributed by atoms with Crippen LogP contribution in [-0.2, 0) is 11.2 Å². The quantitative estimate of drug-likeness (QED) is 0.633. The van der Waals surface area contributed by atoms with Gasteiger partial charge in [0.1, 0.15) is 5.75 Å². The smallest absolute Gasteiger partial charge is 0.224 e. The van der Waals surface area contributed by atoms with Gasteiger partial charge < -0.3 is 10.4 Å². The van der Waals surface area contributed by atoms with Gasteiger partial charge in [0.25, 0.3) is 0 Å². The fourth-order valence-electron chi connectivity index (χ4n) is 1.59. The predicted molar refractivity (Wildman–Crippen MR) is 49.7 cm³/mol. The van der Waals surface area contributed by atoms with Crippen molar-refractivity contribution < 1.29 is 9.90 Å². The van der Waals surface area contributed by atoms with Gasteiger partial charge in [0.15, 0.2) is 0 Å². The number of hydrogen-bond donors (Lipinski definition) is 2. The second kappa shape index (κ2) is 3.09. The van der Waals surface area contributed by atoms with Crippen molar-refractivity contribution in [3.8, 4) is 5.75 Å². The number of carbonyl (C=O) groups excluding carboxylic acids is 1. The monoisotopic (exact) mass is 177 g/mol. The Balaban J connectivity index is 2.45. The minimum absolute atomic E-state index is 0.0318. The van der Waals surface area contributed by atoms with Crippen molar-refractivity contribution in [2.45, 2.75) is 19.3 Å². The molecule has 0 radical (unpaired) electrons. The number of fused-ring (bicyclic) bond motifs is 1. The highest BCUT2D eigenvalue weighted by atomic mass is 16.3. The minimum Gasteiger partial charge on any atom is -0.508 e. The normalized spacial score (nSPS) is 15.8. The van der Waals surface area contributed by atoms with E-state index in [-0.39, 0.29) is 11.7 Å². The molecule has 2 rings (SSSR count). The van der Waals surface area contributed by atoms with Gasteiger partial charge in [0, 0.05) is 17.7 Å². The summed E-state index contributed by atoms with van der Waals surface area (Å²) in [4.78, 5) is 11.2. The molecule has 1 aromatic carbocycles. The second-order valence-corrected chi connectivity index (χ2v) is 3.20. The Morgan fingerprint density at radius 2 is 2.15 bits per heavy atom. The highest BCUT2D eigenvalue weighted by molar-refractivity contribution is 5.92. The molecular formula is C10H11NO2. The highest BCUT2D eigenvalue weighted by Crippen LogP contribution is 2.29. The Hall–Kier alpha value is -1.51. The molecule has 0 saturated carbocycles. The van der Waals surface area contributed by atoms with Crippen LogP contribution < -0.4 is 5.32 Å². The molecule has 1 aromatic rings. The number of benzene rings is 1. The van der Waals surface area contributed by atoms with Gasteiger partial charge in [-0.3, -0.25) is 4.79 Å². The van der Waals surface area contributed by atoms with E-state index >= 15 is 0 Å². The molecule has 3 nitrogen and oxygen atoms in total. The van der Waals surface area contributed by atoms with Crippen LogP contribution in [0.15, 0.2) is 18.2 Å². The van der Waals surface area contributed by atoms with E-state index in [9.17, 15) is 9.90 Å². The Kier molecular flexibility index (Phi) is 1.93. The van der Waals surface area contributed by atoms with E-state index in [2.05, 4.69) is 5.32 Å². The number of hydrogen-bond acceptors (Lipinski definition) is 2. The van der Waals surface area contributed by atoms with Crippen molar-refractivity contribution in [1.82, 2.24) is 0 Å². The maximum Gasteiger partial charge on any atom is 0.224 e. The number of rotatable bonds is 0. The zero-order valence-electron chi connectivity index (χ0n) is 7.21. The zero-order valence-corrected chi connectivity index (χ0v) is 7.21. The fourth-order valence-corrected chi connectivity index (χ4v) is 1.59. The van der Waals surface area contributed by atoms with E-state index in [1.54, 1.807) is 12.1 Å². The third-order valence-electron chi connectivity index (χ3n) is 2.26. The van der Waals surface area contributed by atoms with Gasteiger partial charge in [-0.2, -0.15) is 0 Å². The molecule has 3 heteroatoms. The molecule has 1 aliphatic rings. The molecule has 0 fully saturated rings. The third-order valence-corrected chi connectivity index (χ3v) is 2.26. The van der Waals surface area contributed by atoms with E-state index in [0.29, 0.717) is 6.42 Å². The Morgan fingerprint density at radius 1 is 1.31 bits per heavy atom. The molecule has 0 aliphatic carbocycles. The first-order valence-corrected chi connectivity index (χ1v) is 4.38. The molecule has 13 heavy (non-hydrogen) atoms. The van der Waals surface area contributed by atoms with E-state index in [4.69, 9.17) is 0 Å². The van der Waals surface area contributed by atoms with Crippen LogP contribution in [0.1, 0.15) is 18.4 Å². The molecule has 0 unspecified atom stereocenters. The molecular weight excluding hydrogens is 166 g/mol. The van der Waals surface area contributed by atoms with Crippen LogP contribution in [0.4, 0.5) is 5.69 Å². The van der Waals surface area contributed by atoms with Crippen LogP contribution in [0.25, 0.3) is 0 Å². The lowest BCUT2D eigenvalue weighted by Crippen LogP contribution is -2.08. The summed E-state index contributed by atoms with van der Waals surface area (Å²) >= 11 is 0. The van der Waals surface area contributed by atoms with Crippen LogP contribution in [-0.4, -0.2) is 11.0 Å². The number of phenols is 1. The summed E-state index contributed by atoms with van der Waals surface area (Å²) in [5, 5.41) is 12.3. The first-order chi connectivity index (χ1) is 6.27. The standard InChI is InChI=1S/C10H11NO2/c12-9-5-2-4-8-7(9)3-1-6-10(13)11-8/h2,4-5,12H,1,3,6H2,(H,11,13). The fraction of sp³-hybridized carbons (Fsp3) is 0.300. The topological polar surface area (TPSA) is 49.3 Å². The summed E-state index contributed by atoms with van der Waals surface area (Å²) in [6.45, 7) is 0. The van der Waals surface area contributed by atoms with Gasteiger partial charge >= 0.3 is 0 Å². The predicted octanol–water partition coefficient (Wildman–Crippen LogP) is 1.67. The zero-order chi connectivity index (χ0) is 9.26. The average molecular weight is 177 g/mol. The number of amides is 1. The molecule has 0 aromatic heterocycles. The summed E-state index contributed by atoms with van der Waals surface area (Å²) in [5.41, 5.74) is 1.61. The first-order valence-electron chi connectivity index (χ1n) is 4.38. The van der Waals surface area contributed by atoms with Crippen molar-refractivity contribution in [3.05, 3.63) is 23.8 Å². The van der Waals surface area contributed by atoms with E-state index in [1.165, 1.54) is 0 Å². The van der Waals surface area contributed by atoms with Crippen molar-refractivity contribution >= 4 is 11.6 Å². The molecule has 1 aliphatic heterocycles. The lowest BCUT2D eigenvalue weighted by Gasteiger charge is -2.07. The molecule has 1 amide bonds. The molecule has 0 spiro atoms. The average Bonchev–Trinajstić information content (AvgIpc) is 2.27. The lowest BCUT2D eigenvalue weighted by molar-refractivity contribution is -0.116. The van der Waals surface area contributed by atoms with Crippen LogP contribution in [0, 0.1) is 0 Å². The van der Waals surface area contributed by atoms with Gasteiger partial charge in [-0.25, -0.2) is 0 Å². The van der Waals surface area contributed by atoms with Gasteiger partial charge in [-0.1, -0.05) is 6.07 Å². The maximum absolute atomic E-state index is 11.2. The summed E-state index contributed by atoms with van der Waals surface area (Å²) in [5.74, 6) is 0.309. The van der Waals surface area contributed by atoms with Crippen LogP contribution in [0.2, 0.25) is 0 Å². The number of phenolic OH excluding ortho intramolecular Hbond substituents is 1. The van der Waals surface area contributed by atoms with Crippen LogP contribution in [0.5, 0.6) is 5.75 Å². The van der Waals surface area contributed by atoms with Gasteiger partial charge in [0.2, 0.25) is 5.91 Å². The molecule has 0 saturated heterocycles. The van der Waals surface area contributed by atoms with Crippen molar-refractivity contribution in [3.63, 3.8) is 0 Å². The molecule has 0 atom stereocenters. The van der Waals surface area contributed by atoms with E-state index < -0.39 is 0 Å². The summed E-state index contributed by atoms with van der Waals surface area (Å²) in [6, 6.07) is 5.20. The van der Waals surface area contributed by atoms with Crippen molar-refractivity contribution in [2.24, 2.45) is 0 Å². The molecule has 1 heterocycles. The lowest BCUT2D eigenvalue weighted by atomic mass is 10.1. The minimum atomic E-state index is 0.0318. The Labute approximate surface area is 76.4 Å². The van der Waals surface area contributed by atoms with E-state index in [0.717, 1.165) is 24.1 Å².